The monoisotopic (exact) mass is 494 g/mol. The van der Waals surface area contributed by atoms with Crippen LogP contribution in [-0.2, 0) is 22.4 Å². The van der Waals surface area contributed by atoms with E-state index in [0.29, 0.717) is 39.5 Å². The number of carbonyl (C=O) groups is 3. The number of carbonyl (C=O) groups excluding carboxylic acids is 2. The largest absolute Gasteiger partial charge is 0.481 e. The molecule has 3 rings (SSSR count). The number of carboxylic acid groups (broad SMARTS) is 1. The van der Waals surface area contributed by atoms with Crippen molar-refractivity contribution < 1.29 is 24.2 Å². The molecule has 0 saturated heterocycles. The van der Waals surface area contributed by atoms with Crippen LogP contribution in [0.4, 0.5) is 11.4 Å². The van der Waals surface area contributed by atoms with E-state index in [1.807, 2.05) is 0 Å². The van der Waals surface area contributed by atoms with Crippen LogP contribution in [0.3, 0.4) is 0 Å². The van der Waals surface area contributed by atoms with Crippen LogP contribution in [0.5, 0.6) is 5.75 Å². The highest BCUT2D eigenvalue weighted by molar-refractivity contribution is 6.31. The number of nitrogens with two attached hydrogens (primary N) is 1. The van der Waals surface area contributed by atoms with E-state index < -0.39 is 11.9 Å². The Morgan fingerprint density at radius 3 is 2.37 bits per heavy atom. The summed E-state index contributed by atoms with van der Waals surface area (Å²) >= 11 is 6.32. The zero-order chi connectivity index (χ0) is 25.4. The Bertz CT molecular complexity index is 1260. The zero-order valence-corrected chi connectivity index (χ0v) is 19.3. The van der Waals surface area contributed by atoms with Crippen molar-refractivity contribution in [2.45, 2.75) is 19.3 Å². The summed E-state index contributed by atoms with van der Waals surface area (Å²) in [6.45, 7) is 0. The summed E-state index contributed by atoms with van der Waals surface area (Å²) in [5.41, 5.74) is 7.97. The molecule has 6 N–H and O–H groups in total. The zero-order valence-electron chi connectivity index (χ0n) is 18.5. The van der Waals surface area contributed by atoms with Crippen molar-refractivity contribution in [3.63, 3.8) is 0 Å². The lowest BCUT2D eigenvalue weighted by molar-refractivity contribution is -0.136. The third kappa shape index (κ3) is 7.86. The second kappa shape index (κ2) is 11.7. The Morgan fingerprint density at radius 1 is 0.971 bits per heavy atom. The summed E-state index contributed by atoms with van der Waals surface area (Å²) in [7, 11) is 0. The van der Waals surface area contributed by atoms with Gasteiger partial charge in [0.15, 0.2) is 5.96 Å². The summed E-state index contributed by atoms with van der Waals surface area (Å²) in [5, 5.41) is 21.8. The number of esters is 1. The number of aryl methyl sites for hydroxylation is 1. The molecule has 0 bridgehead atoms. The molecule has 0 aromatic heterocycles. The van der Waals surface area contributed by atoms with Gasteiger partial charge in [0, 0.05) is 22.8 Å². The molecule has 3 aromatic carbocycles. The quantitative estimate of drug-likeness (QED) is 0.130. The predicted octanol–water partition coefficient (Wildman–Crippen LogP) is 4.06. The number of nitrogens with one attached hydrogen (secondary N) is 3. The normalized spacial score (nSPS) is 10.3. The number of halogens is 1. The van der Waals surface area contributed by atoms with Crippen LogP contribution >= 0.6 is 11.6 Å². The number of aliphatic carboxylic acids is 1. The van der Waals surface area contributed by atoms with Gasteiger partial charge in [-0.3, -0.25) is 15.0 Å². The molecule has 35 heavy (non-hydrogen) atoms. The number of guanidine groups is 1. The van der Waals surface area contributed by atoms with E-state index >= 15 is 0 Å². The third-order valence-electron chi connectivity index (χ3n) is 4.82. The SMILES string of the molecule is N=C(N)Nc1ccc(C(=O)Oc2ccc(CCC(=O)Nc3cccc(CC(=O)O)c3)c(Cl)c2)cc1. The second-order valence-electron chi connectivity index (χ2n) is 7.58. The minimum atomic E-state index is -0.947. The molecule has 0 aliphatic carbocycles. The fourth-order valence-electron chi connectivity index (χ4n) is 3.21. The highest BCUT2D eigenvalue weighted by Gasteiger charge is 2.12. The van der Waals surface area contributed by atoms with E-state index in [4.69, 9.17) is 32.6 Å². The molecule has 10 heteroatoms. The standard InChI is InChI=1S/C25H23ClN4O5/c26-21-14-20(35-24(34)17-4-8-18(9-5-17)30-25(27)28)10-6-16(21)7-11-22(31)29-19-3-1-2-15(12-19)13-23(32)33/h1-6,8-10,12,14H,7,11,13H2,(H,29,31)(H,32,33)(H4,27,28,30). The summed E-state index contributed by atoms with van der Waals surface area (Å²) in [6, 6.07) is 17.7. The fraction of sp³-hybridized carbons (Fsp3) is 0.120. The number of anilines is 2. The van der Waals surface area contributed by atoms with E-state index in [0.717, 1.165) is 0 Å². The second-order valence-corrected chi connectivity index (χ2v) is 7.99. The fourth-order valence-corrected chi connectivity index (χ4v) is 3.48. The molecule has 1 amide bonds. The van der Waals surface area contributed by atoms with Gasteiger partial charge >= 0.3 is 11.9 Å². The first-order chi connectivity index (χ1) is 16.7. The van der Waals surface area contributed by atoms with Crippen LogP contribution in [0.1, 0.15) is 27.9 Å². The van der Waals surface area contributed by atoms with Crippen LogP contribution < -0.4 is 21.1 Å². The van der Waals surface area contributed by atoms with E-state index in [2.05, 4.69) is 10.6 Å². The van der Waals surface area contributed by atoms with Crippen LogP contribution in [0, 0.1) is 5.41 Å². The Morgan fingerprint density at radius 2 is 1.71 bits per heavy atom. The van der Waals surface area contributed by atoms with Crippen molar-refractivity contribution in [2.24, 2.45) is 5.73 Å². The number of amides is 1. The average Bonchev–Trinajstić information content (AvgIpc) is 2.78. The maximum absolute atomic E-state index is 12.4. The lowest BCUT2D eigenvalue weighted by Crippen LogP contribution is -2.20. The lowest BCUT2D eigenvalue weighted by Gasteiger charge is -2.10. The minimum Gasteiger partial charge on any atom is -0.481 e. The topological polar surface area (TPSA) is 155 Å². The first kappa shape index (κ1) is 25.3. The third-order valence-corrected chi connectivity index (χ3v) is 5.17. The molecule has 0 atom stereocenters. The van der Waals surface area contributed by atoms with Gasteiger partial charge in [-0.25, -0.2) is 4.79 Å². The van der Waals surface area contributed by atoms with Crippen molar-refractivity contribution in [3.8, 4) is 5.75 Å². The van der Waals surface area contributed by atoms with Crippen LogP contribution in [0.15, 0.2) is 66.7 Å². The van der Waals surface area contributed by atoms with Crippen molar-refractivity contribution in [3.05, 3.63) is 88.4 Å². The lowest BCUT2D eigenvalue weighted by atomic mass is 10.1. The molecular weight excluding hydrogens is 472 g/mol. The molecule has 9 nitrogen and oxygen atoms in total. The highest BCUT2D eigenvalue weighted by atomic mass is 35.5. The number of hydrogen-bond donors (Lipinski definition) is 5. The maximum Gasteiger partial charge on any atom is 0.343 e. The molecule has 0 radical (unpaired) electrons. The van der Waals surface area contributed by atoms with E-state index in [-0.39, 0.29) is 30.5 Å². The smallest absolute Gasteiger partial charge is 0.343 e. The molecule has 0 heterocycles. The van der Waals surface area contributed by atoms with Crippen molar-refractivity contribution in [1.82, 2.24) is 0 Å². The Kier molecular flexibility index (Phi) is 8.42. The maximum atomic E-state index is 12.4. The minimum absolute atomic E-state index is 0.126. The summed E-state index contributed by atoms with van der Waals surface area (Å²) in [4.78, 5) is 35.5. The molecule has 0 saturated carbocycles. The van der Waals surface area contributed by atoms with Crippen molar-refractivity contribution in [1.29, 1.82) is 5.41 Å². The molecular formula is C25H23ClN4O5. The van der Waals surface area contributed by atoms with Crippen LogP contribution in [0.25, 0.3) is 0 Å². The Balaban J connectivity index is 1.54. The van der Waals surface area contributed by atoms with E-state index in [1.165, 1.54) is 6.07 Å². The molecule has 0 aliphatic heterocycles. The average molecular weight is 495 g/mol. The first-order valence-corrected chi connectivity index (χ1v) is 10.9. The van der Waals surface area contributed by atoms with Gasteiger partial charge in [0.1, 0.15) is 5.75 Å². The molecule has 0 aliphatic rings. The van der Waals surface area contributed by atoms with Crippen LogP contribution in [-0.4, -0.2) is 28.9 Å². The highest BCUT2D eigenvalue weighted by Crippen LogP contribution is 2.25. The molecule has 0 unspecified atom stereocenters. The number of hydrogen-bond acceptors (Lipinski definition) is 5. The van der Waals surface area contributed by atoms with Gasteiger partial charge in [-0.2, -0.15) is 0 Å². The number of ether oxygens (including phenoxy) is 1. The van der Waals surface area contributed by atoms with Gasteiger partial charge in [-0.1, -0.05) is 29.8 Å². The number of carboxylic acids is 1. The van der Waals surface area contributed by atoms with Crippen molar-refractivity contribution >= 4 is 46.8 Å². The van der Waals surface area contributed by atoms with Gasteiger partial charge in [0.25, 0.3) is 0 Å². The van der Waals surface area contributed by atoms with Crippen LogP contribution in [0.2, 0.25) is 5.02 Å². The molecule has 3 aromatic rings. The number of rotatable bonds is 9. The van der Waals surface area contributed by atoms with E-state index in [1.54, 1.807) is 60.7 Å². The Hall–Kier alpha value is -4.37. The summed E-state index contributed by atoms with van der Waals surface area (Å²) in [6.07, 6.45) is 0.388. The molecule has 0 spiro atoms. The molecule has 180 valence electrons. The van der Waals surface area contributed by atoms with E-state index in [9.17, 15) is 14.4 Å². The first-order valence-electron chi connectivity index (χ1n) is 10.5. The van der Waals surface area contributed by atoms with Gasteiger partial charge in [-0.15, -0.1) is 0 Å². The number of benzene rings is 3. The summed E-state index contributed by atoms with van der Waals surface area (Å²) < 4.78 is 5.37. The van der Waals surface area contributed by atoms with Gasteiger partial charge in [0.2, 0.25) is 5.91 Å². The predicted molar refractivity (Wildman–Crippen MR) is 133 cm³/mol. The molecule has 0 fully saturated rings. The van der Waals surface area contributed by atoms with Crippen molar-refractivity contribution in [2.75, 3.05) is 10.6 Å². The van der Waals surface area contributed by atoms with Gasteiger partial charge in [-0.05, 0) is 66.1 Å². The van der Waals surface area contributed by atoms with Gasteiger partial charge in [0.05, 0.1) is 12.0 Å². The Labute approximate surface area is 206 Å². The van der Waals surface area contributed by atoms with Gasteiger partial charge < -0.3 is 26.2 Å². The summed E-state index contributed by atoms with van der Waals surface area (Å²) in [5.74, 6) is -1.72.